The van der Waals surface area contributed by atoms with E-state index in [0.717, 1.165) is 0 Å². The number of guanidine groups is 1. The third kappa shape index (κ3) is 11.8. The van der Waals surface area contributed by atoms with Crippen LogP contribution in [0.1, 0.15) is 31.4 Å². The molecule has 0 fully saturated rings. The highest BCUT2D eigenvalue weighted by atomic mass is 16.4. The van der Waals surface area contributed by atoms with Crippen molar-refractivity contribution in [1.29, 1.82) is 0 Å². The molecule has 0 saturated heterocycles. The van der Waals surface area contributed by atoms with Gasteiger partial charge in [-0.15, -0.1) is 0 Å². The molecule has 17 heteroatoms. The number of aliphatic hydroxyl groups is 1. The Hall–Kier alpha value is -4.25. The number of aliphatic hydroxyl groups excluding tert-OH is 1. The van der Waals surface area contributed by atoms with Gasteiger partial charge in [-0.05, 0) is 19.3 Å². The van der Waals surface area contributed by atoms with E-state index in [1.165, 1.54) is 12.5 Å². The number of carbonyl (C=O) groups is 5. The first-order valence-electron chi connectivity index (χ1n) is 11.2. The lowest BCUT2D eigenvalue weighted by Gasteiger charge is -2.24. The maximum atomic E-state index is 12.8. The fourth-order valence-corrected chi connectivity index (χ4v) is 3.02. The maximum absolute atomic E-state index is 12.8. The van der Waals surface area contributed by atoms with Gasteiger partial charge in [-0.3, -0.25) is 24.2 Å². The van der Waals surface area contributed by atoms with Crippen LogP contribution in [-0.4, -0.2) is 98.2 Å². The first-order valence-corrected chi connectivity index (χ1v) is 11.2. The average Bonchev–Trinajstić information content (AvgIpc) is 3.34. The molecule has 0 saturated carbocycles. The van der Waals surface area contributed by atoms with Crippen LogP contribution in [-0.2, 0) is 30.4 Å². The summed E-state index contributed by atoms with van der Waals surface area (Å²) in [5.41, 5.74) is 16.7. The van der Waals surface area contributed by atoms with E-state index in [1.807, 2.05) is 0 Å². The minimum absolute atomic E-state index is 0.123. The van der Waals surface area contributed by atoms with Crippen molar-refractivity contribution in [1.82, 2.24) is 25.9 Å². The highest BCUT2D eigenvalue weighted by Crippen LogP contribution is 2.04. The number of rotatable bonds is 17. The molecule has 37 heavy (non-hydrogen) atoms. The van der Waals surface area contributed by atoms with Crippen LogP contribution in [0.4, 0.5) is 0 Å². The molecule has 13 N–H and O–H groups in total. The summed E-state index contributed by atoms with van der Waals surface area (Å²) < 4.78 is 0. The maximum Gasteiger partial charge on any atom is 0.326 e. The van der Waals surface area contributed by atoms with E-state index >= 15 is 0 Å². The van der Waals surface area contributed by atoms with E-state index in [-0.39, 0.29) is 31.8 Å². The summed E-state index contributed by atoms with van der Waals surface area (Å²) >= 11 is 0. The molecular formula is C20H33N9O8. The van der Waals surface area contributed by atoms with Crippen molar-refractivity contribution in [2.24, 2.45) is 22.2 Å². The van der Waals surface area contributed by atoms with E-state index in [4.69, 9.17) is 22.3 Å². The molecule has 4 atom stereocenters. The first kappa shape index (κ1) is 30.8. The summed E-state index contributed by atoms with van der Waals surface area (Å²) in [6, 6.07) is -5.47. The Morgan fingerprint density at radius 2 is 1.59 bits per heavy atom. The van der Waals surface area contributed by atoms with Gasteiger partial charge in [0.15, 0.2) is 5.96 Å². The molecule has 0 aromatic carbocycles. The van der Waals surface area contributed by atoms with Gasteiger partial charge < -0.3 is 53.5 Å². The summed E-state index contributed by atoms with van der Waals surface area (Å²) in [7, 11) is 0. The largest absolute Gasteiger partial charge is 0.481 e. The van der Waals surface area contributed by atoms with Crippen molar-refractivity contribution in [3.8, 4) is 0 Å². The van der Waals surface area contributed by atoms with Crippen LogP contribution in [0.2, 0.25) is 0 Å². The van der Waals surface area contributed by atoms with Crippen molar-refractivity contribution in [3.63, 3.8) is 0 Å². The SMILES string of the molecule is NC(N)=NCCCC(N)C(=O)NC(CCC(=O)O)C(=O)NC(CO)C(=O)NC(Cc1cnc[nH]1)C(=O)O. The van der Waals surface area contributed by atoms with Crippen molar-refractivity contribution < 1.29 is 39.3 Å². The van der Waals surface area contributed by atoms with E-state index in [0.29, 0.717) is 12.1 Å². The number of amides is 3. The Morgan fingerprint density at radius 1 is 0.973 bits per heavy atom. The lowest BCUT2D eigenvalue weighted by molar-refractivity contribution is -0.142. The normalized spacial score (nSPS) is 13.9. The van der Waals surface area contributed by atoms with Crippen molar-refractivity contribution in [2.45, 2.75) is 56.3 Å². The van der Waals surface area contributed by atoms with Crippen molar-refractivity contribution in [3.05, 3.63) is 18.2 Å². The number of aromatic nitrogens is 2. The smallest absolute Gasteiger partial charge is 0.326 e. The summed E-state index contributed by atoms with van der Waals surface area (Å²) in [5, 5.41) is 34.7. The van der Waals surface area contributed by atoms with Gasteiger partial charge in [0.25, 0.3) is 0 Å². The van der Waals surface area contributed by atoms with Gasteiger partial charge in [0, 0.05) is 31.3 Å². The summed E-state index contributed by atoms with van der Waals surface area (Å²) in [4.78, 5) is 70.5. The molecule has 0 aliphatic heterocycles. The molecule has 1 heterocycles. The molecule has 206 valence electrons. The van der Waals surface area contributed by atoms with Crippen LogP contribution < -0.4 is 33.2 Å². The summed E-state index contributed by atoms with van der Waals surface area (Å²) in [5.74, 6) is -5.48. The third-order valence-electron chi connectivity index (χ3n) is 4.99. The van der Waals surface area contributed by atoms with Crippen LogP contribution in [0.15, 0.2) is 17.5 Å². The van der Waals surface area contributed by atoms with Gasteiger partial charge in [0.05, 0.1) is 19.0 Å². The lowest BCUT2D eigenvalue weighted by Crippen LogP contribution is -2.58. The number of hydrogen-bond donors (Lipinski definition) is 10. The van der Waals surface area contributed by atoms with E-state index in [2.05, 4.69) is 30.9 Å². The second-order valence-corrected chi connectivity index (χ2v) is 7.97. The van der Waals surface area contributed by atoms with E-state index in [1.54, 1.807) is 0 Å². The van der Waals surface area contributed by atoms with E-state index in [9.17, 15) is 34.2 Å². The second-order valence-electron chi connectivity index (χ2n) is 7.97. The molecule has 0 aliphatic carbocycles. The van der Waals surface area contributed by atoms with Crippen LogP contribution in [0.25, 0.3) is 0 Å². The van der Waals surface area contributed by atoms with Crippen molar-refractivity contribution >= 4 is 35.6 Å². The third-order valence-corrected chi connectivity index (χ3v) is 4.99. The Balaban J connectivity index is 2.82. The standard InChI is InChI=1S/C20H33N9O8/c21-11(2-1-5-25-20(22)23)16(33)27-12(3-4-15(31)32)17(34)29-14(8-30)18(35)28-13(19(36)37)6-10-7-24-9-26-10/h7,9,11-14,30H,1-6,8,21H2,(H,24,26)(H,27,33)(H,28,35)(H,29,34)(H,31,32)(H,36,37)(H4,22,23,25). The van der Waals surface area contributed by atoms with Gasteiger partial charge in [0.1, 0.15) is 18.1 Å². The number of carboxylic acids is 2. The Kier molecular flexibility index (Phi) is 13.0. The molecular weight excluding hydrogens is 494 g/mol. The number of nitrogens with one attached hydrogen (secondary N) is 4. The fourth-order valence-electron chi connectivity index (χ4n) is 3.02. The molecule has 0 radical (unpaired) electrons. The van der Waals surface area contributed by atoms with Crippen molar-refractivity contribution in [2.75, 3.05) is 13.2 Å². The number of aromatic amines is 1. The van der Waals surface area contributed by atoms with Crippen LogP contribution >= 0.6 is 0 Å². The molecule has 1 aromatic heterocycles. The number of hydrogen-bond acceptors (Lipinski definition) is 9. The van der Waals surface area contributed by atoms with Gasteiger partial charge in [-0.25, -0.2) is 9.78 Å². The zero-order chi connectivity index (χ0) is 28.0. The minimum atomic E-state index is -1.59. The van der Waals surface area contributed by atoms with E-state index < -0.39 is 66.9 Å². The molecule has 0 bridgehead atoms. The Labute approximate surface area is 211 Å². The Bertz CT molecular complexity index is 950. The van der Waals surface area contributed by atoms with Crippen LogP contribution in [0.3, 0.4) is 0 Å². The molecule has 4 unspecified atom stereocenters. The topological polar surface area (TPSA) is 301 Å². The molecule has 3 amide bonds. The fraction of sp³-hybridized carbons (Fsp3) is 0.550. The number of nitrogens with two attached hydrogens (primary N) is 3. The molecule has 1 aromatic rings. The monoisotopic (exact) mass is 527 g/mol. The highest BCUT2D eigenvalue weighted by molar-refractivity contribution is 5.94. The highest BCUT2D eigenvalue weighted by Gasteiger charge is 2.30. The second kappa shape index (κ2) is 15.7. The number of aliphatic carboxylic acids is 2. The Morgan fingerprint density at radius 3 is 2.14 bits per heavy atom. The molecule has 0 spiro atoms. The number of imidazole rings is 1. The number of carbonyl (C=O) groups excluding carboxylic acids is 3. The molecule has 17 nitrogen and oxygen atoms in total. The minimum Gasteiger partial charge on any atom is -0.481 e. The number of nitrogens with zero attached hydrogens (tertiary/aromatic N) is 2. The lowest BCUT2D eigenvalue weighted by atomic mass is 10.1. The van der Waals surface area contributed by atoms with Gasteiger partial charge in [-0.2, -0.15) is 0 Å². The predicted octanol–water partition coefficient (Wildman–Crippen LogP) is -4.27. The zero-order valence-corrected chi connectivity index (χ0v) is 19.9. The summed E-state index contributed by atoms with van der Waals surface area (Å²) in [6.45, 7) is -0.685. The quantitative estimate of drug-likeness (QED) is 0.0523. The number of H-pyrrole nitrogens is 1. The van der Waals surface area contributed by atoms with Gasteiger partial charge >= 0.3 is 11.9 Å². The van der Waals surface area contributed by atoms with Gasteiger partial charge in [-0.1, -0.05) is 0 Å². The zero-order valence-electron chi connectivity index (χ0n) is 19.9. The van der Waals surface area contributed by atoms with Gasteiger partial charge in [0.2, 0.25) is 17.7 Å². The van der Waals surface area contributed by atoms with Crippen LogP contribution in [0.5, 0.6) is 0 Å². The average molecular weight is 528 g/mol. The van der Waals surface area contributed by atoms with Crippen LogP contribution in [0, 0.1) is 0 Å². The number of aliphatic imine (C=N–C) groups is 1. The first-order chi connectivity index (χ1) is 17.4. The summed E-state index contributed by atoms with van der Waals surface area (Å²) in [6.07, 6.45) is 2.22. The molecule has 1 rings (SSSR count). The number of carboxylic acid groups (broad SMARTS) is 2. The molecule has 0 aliphatic rings. The predicted molar refractivity (Wildman–Crippen MR) is 128 cm³/mol.